The molecule has 2 nitrogen and oxygen atoms in total. The van der Waals surface area contributed by atoms with Crippen LogP contribution in [0.25, 0.3) is 0 Å². The zero-order chi connectivity index (χ0) is 14.7. The summed E-state index contributed by atoms with van der Waals surface area (Å²) in [5.41, 5.74) is 3.09. The third-order valence-corrected chi connectivity index (χ3v) is 5.31. The first kappa shape index (κ1) is 15.1. The molecule has 2 aliphatic rings. The Kier molecular flexibility index (Phi) is 4.97. The fourth-order valence-corrected chi connectivity index (χ4v) is 4.01. The lowest BCUT2D eigenvalue weighted by molar-refractivity contribution is 0.162. The minimum atomic E-state index is 0.596. The van der Waals surface area contributed by atoms with Crippen LogP contribution in [0.1, 0.15) is 62.1 Å². The SMILES string of the molecule is CCN1CCCCC(CNC)C1c1ccc(C2CC2)cc1. The first-order valence-corrected chi connectivity index (χ1v) is 8.82. The Hall–Kier alpha value is -0.860. The molecule has 1 saturated heterocycles. The van der Waals surface area contributed by atoms with E-state index >= 15 is 0 Å². The Labute approximate surface area is 129 Å². The van der Waals surface area contributed by atoms with E-state index in [-0.39, 0.29) is 0 Å². The van der Waals surface area contributed by atoms with Crippen LogP contribution in [0, 0.1) is 5.92 Å². The summed E-state index contributed by atoms with van der Waals surface area (Å²) in [4.78, 5) is 2.70. The molecule has 0 aromatic heterocycles. The maximum Gasteiger partial charge on any atom is 0.0388 e. The Morgan fingerprint density at radius 3 is 2.38 bits per heavy atom. The van der Waals surface area contributed by atoms with E-state index in [4.69, 9.17) is 0 Å². The molecular weight excluding hydrogens is 256 g/mol. The molecule has 0 bridgehead atoms. The molecule has 21 heavy (non-hydrogen) atoms. The lowest BCUT2D eigenvalue weighted by atomic mass is 9.88. The highest BCUT2D eigenvalue weighted by Gasteiger charge is 2.30. The van der Waals surface area contributed by atoms with E-state index < -0.39 is 0 Å². The quantitative estimate of drug-likeness (QED) is 0.882. The minimum Gasteiger partial charge on any atom is -0.319 e. The summed E-state index contributed by atoms with van der Waals surface area (Å²) in [5, 5.41) is 3.42. The molecule has 2 unspecified atom stereocenters. The van der Waals surface area contributed by atoms with E-state index in [0.29, 0.717) is 6.04 Å². The van der Waals surface area contributed by atoms with E-state index in [0.717, 1.165) is 24.9 Å². The van der Waals surface area contributed by atoms with E-state index in [1.54, 1.807) is 5.56 Å². The van der Waals surface area contributed by atoms with Gasteiger partial charge in [0.25, 0.3) is 0 Å². The van der Waals surface area contributed by atoms with Crippen molar-refractivity contribution < 1.29 is 0 Å². The van der Waals surface area contributed by atoms with Crippen molar-refractivity contribution >= 4 is 0 Å². The topological polar surface area (TPSA) is 15.3 Å². The van der Waals surface area contributed by atoms with Gasteiger partial charge in [-0.1, -0.05) is 37.6 Å². The second-order valence-corrected chi connectivity index (χ2v) is 6.83. The van der Waals surface area contributed by atoms with Crippen molar-refractivity contribution in [1.82, 2.24) is 10.2 Å². The third-order valence-electron chi connectivity index (χ3n) is 5.31. The number of nitrogens with one attached hydrogen (secondary N) is 1. The van der Waals surface area contributed by atoms with Crippen molar-refractivity contribution in [1.29, 1.82) is 0 Å². The molecule has 0 radical (unpaired) electrons. The van der Waals surface area contributed by atoms with Crippen molar-refractivity contribution in [3.05, 3.63) is 35.4 Å². The highest BCUT2D eigenvalue weighted by Crippen LogP contribution is 2.41. The van der Waals surface area contributed by atoms with Crippen LogP contribution in [-0.2, 0) is 0 Å². The fraction of sp³-hybridized carbons (Fsp3) is 0.684. The predicted molar refractivity (Wildman–Crippen MR) is 89.7 cm³/mol. The van der Waals surface area contributed by atoms with Crippen LogP contribution in [-0.4, -0.2) is 31.6 Å². The zero-order valence-corrected chi connectivity index (χ0v) is 13.6. The van der Waals surface area contributed by atoms with Crippen molar-refractivity contribution in [2.24, 2.45) is 5.92 Å². The molecular formula is C19H30N2. The van der Waals surface area contributed by atoms with Crippen molar-refractivity contribution in [3.8, 4) is 0 Å². The van der Waals surface area contributed by atoms with Gasteiger partial charge in [0.1, 0.15) is 0 Å². The molecule has 1 aliphatic heterocycles. The summed E-state index contributed by atoms with van der Waals surface area (Å²) in [5.74, 6) is 1.60. The summed E-state index contributed by atoms with van der Waals surface area (Å²) in [6, 6.07) is 10.2. The van der Waals surface area contributed by atoms with Gasteiger partial charge in [-0.2, -0.15) is 0 Å². The van der Waals surface area contributed by atoms with Gasteiger partial charge in [-0.3, -0.25) is 4.90 Å². The molecule has 2 heteroatoms. The standard InChI is InChI=1S/C19H30N2/c1-3-21-13-5-4-6-18(14-20-2)19(21)17-11-9-16(10-12-17)15-7-8-15/h9-12,15,18-20H,3-8,13-14H2,1-2H3. The first-order chi connectivity index (χ1) is 10.3. The molecule has 2 fully saturated rings. The van der Waals surface area contributed by atoms with Crippen LogP contribution < -0.4 is 5.32 Å². The Morgan fingerprint density at radius 1 is 1.05 bits per heavy atom. The van der Waals surface area contributed by atoms with Crippen LogP contribution >= 0.6 is 0 Å². The number of hydrogen-bond acceptors (Lipinski definition) is 2. The second kappa shape index (κ2) is 6.93. The Balaban J connectivity index is 1.84. The minimum absolute atomic E-state index is 0.596. The van der Waals surface area contributed by atoms with Gasteiger partial charge in [-0.25, -0.2) is 0 Å². The lowest BCUT2D eigenvalue weighted by Crippen LogP contribution is -2.36. The smallest absolute Gasteiger partial charge is 0.0388 e. The summed E-state index contributed by atoms with van der Waals surface area (Å²) >= 11 is 0. The maximum atomic E-state index is 3.42. The van der Waals surface area contributed by atoms with Gasteiger partial charge in [-0.05, 0) is 75.3 Å². The van der Waals surface area contributed by atoms with Gasteiger partial charge < -0.3 is 5.32 Å². The summed E-state index contributed by atoms with van der Waals surface area (Å²) in [7, 11) is 2.09. The number of hydrogen-bond donors (Lipinski definition) is 1. The normalized spacial score (nSPS) is 27.5. The van der Waals surface area contributed by atoms with Crippen LogP contribution in [0.15, 0.2) is 24.3 Å². The third kappa shape index (κ3) is 3.49. The van der Waals surface area contributed by atoms with Gasteiger partial charge in [0.05, 0.1) is 0 Å². The van der Waals surface area contributed by atoms with Gasteiger partial charge >= 0.3 is 0 Å². The summed E-state index contributed by atoms with van der Waals surface area (Å²) in [6.07, 6.45) is 6.87. The van der Waals surface area contributed by atoms with Crippen LogP contribution in [0.2, 0.25) is 0 Å². The molecule has 1 aromatic carbocycles. The number of rotatable bonds is 5. The molecule has 116 valence electrons. The molecule has 2 atom stereocenters. The van der Waals surface area contributed by atoms with Crippen molar-refractivity contribution in [3.63, 3.8) is 0 Å². The fourth-order valence-electron chi connectivity index (χ4n) is 4.01. The van der Waals surface area contributed by atoms with Gasteiger partial charge in [0.2, 0.25) is 0 Å². The zero-order valence-electron chi connectivity index (χ0n) is 13.6. The van der Waals surface area contributed by atoms with Gasteiger partial charge in [-0.15, -0.1) is 0 Å². The van der Waals surface area contributed by atoms with Crippen molar-refractivity contribution in [2.45, 2.75) is 51.0 Å². The highest BCUT2D eigenvalue weighted by molar-refractivity contribution is 5.30. The molecule has 1 aromatic rings. The van der Waals surface area contributed by atoms with E-state index in [1.165, 1.54) is 44.2 Å². The van der Waals surface area contributed by atoms with E-state index in [2.05, 4.69) is 48.5 Å². The predicted octanol–water partition coefficient (Wildman–Crippen LogP) is 3.95. The van der Waals surface area contributed by atoms with E-state index in [9.17, 15) is 0 Å². The largest absolute Gasteiger partial charge is 0.319 e. The molecule has 1 N–H and O–H groups in total. The molecule has 0 amide bonds. The average molecular weight is 286 g/mol. The maximum absolute atomic E-state index is 3.42. The van der Waals surface area contributed by atoms with E-state index in [1.807, 2.05) is 0 Å². The van der Waals surface area contributed by atoms with Crippen molar-refractivity contribution in [2.75, 3.05) is 26.7 Å². The number of benzene rings is 1. The highest BCUT2D eigenvalue weighted by atomic mass is 15.2. The lowest BCUT2D eigenvalue weighted by Gasteiger charge is -2.35. The second-order valence-electron chi connectivity index (χ2n) is 6.83. The molecule has 1 aliphatic carbocycles. The average Bonchev–Trinajstić information content (AvgIpc) is 3.35. The molecule has 1 heterocycles. The van der Waals surface area contributed by atoms with Gasteiger partial charge in [0, 0.05) is 6.04 Å². The molecule has 0 spiro atoms. The van der Waals surface area contributed by atoms with Gasteiger partial charge in [0.15, 0.2) is 0 Å². The molecule has 3 rings (SSSR count). The monoisotopic (exact) mass is 286 g/mol. The van der Waals surface area contributed by atoms with Crippen LogP contribution in [0.5, 0.6) is 0 Å². The number of nitrogens with zero attached hydrogens (tertiary/aromatic N) is 1. The Morgan fingerprint density at radius 2 is 1.76 bits per heavy atom. The van der Waals surface area contributed by atoms with Crippen LogP contribution in [0.3, 0.4) is 0 Å². The summed E-state index contributed by atoms with van der Waals surface area (Å²) in [6.45, 7) is 5.86. The molecule has 1 saturated carbocycles. The van der Waals surface area contributed by atoms with Crippen LogP contribution in [0.4, 0.5) is 0 Å². The first-order valence-electron chi connectivity index (χ1n) is 8.82. The summed E-state index contributed by atoms with van der Waals surface area (Å²) < 4.78 is 0. The number of likely N-dealkylation sites (tertiary alicyclic amines) is 1. The Bertz CT molecular complexity index is 435.